The molecule has 4 aromatic rings. The van der Waals surface area contributed by atoms with Crippen molar-refractivity contribution >= 4 is 35.6 Å². The molecule has 0 atom stereocenters. The number of nitrogens with zero attached hydrogens (tertiary/aromatic N) is 4. The number of nitrogens with one attached hydrogen (secondary N) is 3. The molecule has 0 bridgehead atoms. The molecule has 4 rings (SSSR count). The standard InChI is InChI=1S/C21H18F3N7O.ClH/c1-25-18-9-16(28-12-29-18)13-5-6-31-17(10-26-19(31)8-13)14-3-2-4-15(7-14)30-20(32)27-11-21(22,23)24;/h2-10,12H,11H2,1H3,(H,25,28,29)(H2,27,30,32);1H. The maximum Gasteiger partial charge on any atom is 0.405 e. The van der Waals surface area contributed by atoms with Crippen LogP contribution < -0.4 is 16.0 Å². The van der Waals surface area contributed by atoms with Crippen LogP contribution in [0.5, 0.6) is 0 Å². The van der Waals surface area contributed by atoms with Crippen LogP contribution in [0, 0.1) is 0 Å². The lowest BCUT2D eigenvalue weighted by molar-refractivity contribution is -0.122. The molecule has 8 nitrogen and oxygen atoms in total. The summed E-state index contributed by atoms with van der Waals surface area (Å²) in [7, 11) is 1.78. The zero-order valence-electron chi connectivity index (χ0n) is 17.2. The molecule has 1 aromatic carbocycles. The number of alkyl halides is 3. The average Bonchev–Trinajstić information content (AvgIpc) is 3.21. The Morgan fingerprint density at radius 1 is 1.06 bits per heavy atom. The van der Waals surface area contributed by atoms with Gasteiger partial charge in [0, 0.05) is 36.1 Å². The molecule has 3 N–H and O–H groups in total. The lowest BCUT2D eigenvalue weighted by atomic mass is 10.1. The molecule has 0 aliphatic carbocycles. The number of carbonyl (C=O) groups is 1. The minimum Gasteiger partial charge on any atom is -0.373 e. The fraction of sp³-hybridized carbons (Fsp3) is 0.143. The molecule has 12 heteroatoms. The van der Waals surface area contributed by atoms with Gasteiger partial charge < -0.3 is 16.0 Å². The van der Waals surface area contributed by atoms with Gasteiger partial charge in [0.1, 0.15) is 24.3 Å². The number of hydrogen-bond donors (Lipinski definition) is 3. The van der Waals surface area contributed by atoms with E-state index in [0.29, 0.717) is 17.2 Å². The van der Waals surface area contributed by atoms with Gasteiger partial charge in [0.2, 0.25) is 0 Å². The number of aromatic nitrogens is 4. The van der Waals surface area contributed by atoms with E-state index in [9.17, 15) is 18.0 Å². The summed E-state index contributed by atoms with van der Waals surface area (Å²) in [6, 6.07) is 11.4. The molecule has 0 aliphatic rings. The van der Waals surface area contributed by atoms with Crippen molar-refractivity contribution in [2.45, 2.75) is 6.18 Å². The van der Waals surface area contributed by atoms with Gasteiger partial charge in [-0.1, -0.05) is 12.1 Å². The summed E-state index contributed by atoms with van der Waals surface area (Å²) < 4.78 is 38.7. The zero-order chi connectivity index (χ0) is 22.7. The number of pyridine rings is 1. The topological polar surface area (TPSA) is 96.2 Å². The van der Waals surface area contributed by atoms with Crippen molar-refractivity contribution in [1.82, 2.24) is 24.7 Å². The second-order valence-corrected chi connectivity index (χ2v) is 6.83. The first-order valence-electron chi connectivity index (χ1n) is 9.52. The second kappa shape index (κ2) is 9.74. The van der Waals surface area contributed by atoms with Crippen molar-refractivity contribution in [2.24, 2.45) is 0 Å². The van der Waals surface area contributed by atoms with Gasteiger partial charge in [-0.15, -0.1) is 12.4 Å². The van der Waals surface area contributed by atoms with E-state index in [1.54, 1.807) is 36.8 Å². The Balaban J connectivity index is 0.00000306. The summed E-state index contributed by atoms with van der Waals surface area (Å²) in [6.07, 6.45) is 0.534. The van der Waals surface area contributed by atoms with E-state index >= 15 is 0 Å². The summed E-state index contributed by atoms with van der Waals surface area (Å²) in [5.74, 6) is 0.697. The van der Waals surface area contributed by atoms with Crippen molar-refractivity contribution in [1.29, 1.82) is 0 Å². The molecule has 33 heavy (non-hydrogen) atoms. The van der Waals surface area contributed by atoms with E-state index in [0.717, 1.165) is 22.5 Å². The monoisotopic (exact) mass is 477 g/mol. The van der Waals surface area contributed by atoms with Crippen LogP contribution in [0.1, 0.15) is 0 Å². The van der Waals surface area contributed by atoms with Gasteiger partial charge in [-0.25, -0.2) is 19.7 Å². The first kappa shape index (κ1) is 23.8. The Bertz CT molecular complexity index is 1280. The van der Waals surface area contributed by atoms with Crippen molar-refractivity contribution in [3.8, 4) is 22.5 Å². The molecule has 3 heterocycles. The molecule has 2 amide bonds. The highest BCUT2D eigenvalue weighted by Gasteiger charge is 2.27. The van der Waals surface area contributed by atoms with Gasteiger partial charge in [-0.05, 0) is 24.3 Å². The Morgan fingerprint density at radius 2 is 1.88 bits per heavy atom. The second-order valence-electron chi connectivity index (χ2n) is 6.83. The van der Waals surface area contributed by atoms with Crippen LogP contribution in [0.2, 0.25) is 0 Å². The lowest BCUT2D eigenvalue weighted by Crippen LogP contribution is -2.36. The SMILES string of the molecule is CNc1cc(-c2ccn3c(-c4cccc(NC(=O)NCC(F)(F)F)c4)cnc3c2)ncn1.Cl. The molecule has 0 saturated carbocycles. The molecular formula is C21H19ClF3N7O. The highest BCUT2D eigenvalue weighted by molar-refractivity contribution is 5.90. The number of halogens is 4. The maximum atomic E-state index is 12.3. The van der Waals surface area contributed by atoms with Crippen molar-refractivity contribution in [2.75, 3.05) is 24.2 Å². The highest BCUT2D eigenvalue weighted by Crippen LogP contribution is 2.26. The predicted molar refractivity (Wildman–Crippen MR) is 122 cm³/mol. The molecule has 0 spiro atoms. The van der Waals surface area contributed by atoms with Gasteiger partial charge in [0.15, 0.2) is 0 Å². The first-order valence-corrected chi connectivity index (χ1v) is 9.52. The number of rotatable bonds is 5. The number of fused-ring (bicyclic) bond motifs is 1. The summed E-state index contributed by atoms with van der Waals surface area (Å²) in [4.78, 5) is 24.6. The molecule has 0 radical (unpaired) electrons. The van der Waals surface area contributed by atoms with Crippen LogP contribution in [-0.2, 0) is 0 Å². The third-order valence-corrected chi connectivity index (χ3v) is 4.60. The van der Waals surface area contributed by atoms with Crippen LogP contribution in [0.4, 0.5) is 29.5 Å². The van der Waals surface area contributed by atoms with Crippen molar-refractivity contribution in [3.63, 3.8) is 0 Å². The van der Waals surface area contributed by atoms with Crippen molar-refractivity contribution < 1.29 is 18.0 Å². The van der Waals surface area contributed by atoms with E-state index in [2.05, 4.69) is 25.6 Å². The Hall–Kier alpha value is -3.86. The van der Waals surface area contributed by atoms with Gasteiger partial charge in [0.25, 0.3) is 0 Å². The smallest absolute Gasteiger partial charge is 0.373 e. The molecular weight excluding hydrogens is 459 g/mol. The molecule has 0 unspecified atom stereocenters. The van der Waals surface area contributed by atoms with Gasteiger partial charge in [-0.2, -0.15) is 13.2 Å². The van der Waals surface area contributed by atoms with E-state index < -0.39 is 18.8 Å². The predicted octanol–water partition coefficient (Wildman–Crippen LogP) is 4.61. The average molecular weight is 478 g/mol. The molecule has 0 fully saturated rings. The Labute approximate surface area is 192 Å². The number of hydrogen-bond acceptors (Lipinski definition) is 5. The third kappa shape index (κ3) is 5.69. The van der Waals surface area contributed by atoms with E-state index in [-0.39, 0.29) is 12.4 Å². The molecule has 0 aliphatic heterocycles. The zero-order valence-corrected chi connectivity index (χ0v) is 18.0. The summed E-state index contributed by atoms with van der Waals surface area (Å²) in [5.41, 5.74) is 4.14. The fourth-order valence-electron chi connectivity index (χ4n) is 3.12. The van der Waals surface area contributed by atoms with Crippen molar-refractivity contribution in [3.05, 3.63) is 61.2 Å². The minimum absolute atomic E-state index is 0. The van der Waals surface area contributed by atoms with Crippen LogP contribution in [0.15, 0.2) is 61.2 Å². The Kier molecular flexibility index (Phi) is 7.02. The Morgan fingerprint density at radius 3 is 2.64 bits per heavy atom. The van der Waals surface area contributed by atoms with Crippen LogP contribution in [-0.4, -0.2) is 45.2 Å². The molecule has 0 saturated heterocycles. The summed E-state index contributed by atoms with van der Waals surface area (Å²) in [5, 5.41) is 7.16. The quantitative estimate of drug-likeness (QED) is 0.390. The number of imidazole rings is 1. The minimum atomic E-state index is -4.48. The maximum absolute atomic E-state index is 12.3. The van der Waals surface area contributed by atoms with E-state index in [4.69, 9.17) is 0 Å². The van der Waals surface area contributed by atoms with Gasteiger partial charge >= 0.3 is 12.2 Å². The highest BCUT2D eigenvalue weighted by atomic mass is 35.5. The van der Waals surface area contributed by atoms with E-state index in [1.807, 2.05) is 34.9 Å². The van der Waals surface area contributed by atoms with Gasteiger partial charge in [0.05, 0.1) is 17.6 Å². The number of amides is 2. The lowest BCUT2D eigenvalue weighted by Gasteiger charge is -2.11. The number of urea groups is 1. The summed E-state index contributed by atoms with van der Waals surface area (Å²) >= 11 is 0. The van der Waals surface area contributed by atoms with Crippen LogP contribution >= 0.6 is 12.4 Å². The fourth-order valence-corrected chi connectivity index (χ4v) is 3.12. The molecule has 172 valence electrons. The molecule has 3 aromatic heterocycles. The normalized spacial score (nSPS) is 11.0. The van der Waals surface area contributed by atoms with E-state index in [1.165, 1.54) is 6.33 Å². The summed E-state index contributed by atoms with van der Waals surface area (Å²) in [6.45, 7) is -1.41. The number of anilines is 2. The van der Waals surface area contributed by atoms with Crippen LogP contribution in [0.3, 0.4) is 0 Å². The third-order valence-electron chi connectivity index (χ3n) is 4.60. The number of carbonyl (C=O) groups excluding carboxylic acids is 1. The first-order chi connectivity index (χ1) is 15.3. The van der Waals surface area contributed by atoms with Crippen LogP contribution in [0.25, 0.3) is 28.2 Å². The number of benzene rings is 1. The largest absolute Gasteiger partial charge is 0.405 e. The van der Waals surface area contributed by atoms with Gasteiger partial charge in [-0.3, -0.25) is 4.40 Å².